The zero-order valence-corrected chi connectivity index (χ0v) is 16.6. The van der Waals surface area contributed by atoms with E-state index in [0.717, 1.165) is 23.9 Å². The maximum absolute atomic E-state index is 12.1. The Labute approximate surface area is 163 Å². The molecule has 0 bridgehead atoms. The van der Waals surface area contributed by atoms with Crippen molar-refractivity contribution in [3.05, 3.63) is 50.9 Å². The van der Waals surface area contributed by atoms with E-state index < -0.39 is 0 Å². The number of halogens is 1. The van der Waals surface area contributed by atoms with Crippen molar-refractivity contribution in [2.24, 2.45) is 4.99 Å². The molecule has 8 heteroatoms. The minimum atomic E-state index is -0.182. The van der Waals surface area contributed by atoms with E-state index in [4.69, 9.17) is 11.6 Å². The third kappa shape index (κ3) is 6.65. The number of carbonyl (C=O) groups is 1. The largest absolute Gasteiger partial charge is 0.357 e. The molecule has 0 aliphatic heterocycles. The van der Waals surface area contributed by atoms with E-state index in [2.05, 4.69) is 25.9 Å². The van der Waals surface area contributed by atoms with Gasteiger partial charge >= 0.3 is 0 Å². The number of carbonyl (C=O) groups excluding carboxylic acids is 1. The summed E-state index contributed by atoms with van der Waals surface area (Å²) in [6.07, 6.45) is 2.70. The molecule has 1 heterocycles. The van der Waals surface area contributed by atoms with Gasteiger partial charge in [0.2, 0.25) is 0 Å². The van der Waals surface area contributed by atoms with Gasteiger partial charge in [0.05, 0.1) is 15.6 Å². The number of hydrogen-bond donors (Lipinski definition) is 3. The zero-order chi connectivity index (χ0) is 18.8. The SMILES string of the molecule is CCNC(=NCCc1ncc(C)s1)NCCNC(=O)c1ccccc1Cl. The van der Waals surface area contributed by atoms with Crippen LogP contribution in [0.3, 0.4) is 0 Å². The van der Waals surface area contributed by atoms with Crippen molar-refractivity contribution in [1.82, 2.24) is 20.9 Å². The summed E-state index contributed by atoms with van der Waals surface area (Å²) in [6, 6.07) is 7.00. The minimum absolute atomic E-state index is 0.182. The van der Waals surface area contributed by atoms with E-state index in [1.165, 1.54) is 4.88 Å². The van der Waals surface area contributed by atoms with Gasteiger partial charge in [-0.05, 0) is 26.0 Å². The van der Waals surface area contributed by atoms with Crippen LogP contribution in [-0.2, 0) is 6.42 Å². The van der Waals surface area contributed by atoms with Crippen LogP contribution in [0.15, 0.2) is 35.5 Å². The molecule has 0 spiro atoms. The molecule has 2 aromatic rings. The Hall–Kier alpha value is -2.12. The summed E-state index contributed by atoms with van der Waals surface area (Å²) in [5.74, 6) is 0.547. The molecule has 26 heavy (non-hydrogen) atoms. The van der Waals surface area contributed by atoms with Gasteiger partial charge in [-0.3, -0.25) is 9.79 Å². The second kappa shape index (κ2) is 10.8. The molecule has 0 fully saturated rings. The van der Waals surface area contributed by atoms with E-state index in [-0.39, 0.29) is 5.91 Å². The van der Waals surface area contributed by atoms with Gasteiger partial charge in [-0.15, -0.1) is 11.3 Å². The highest BCUT2D eigenvalue weighted by Gasteiger charge is 2.08. The molecule has 1 aromatic carbocycles. The Morgan fingerprint density at radius 3 is 2.69 bits per heavy atom. The van der Waals surface area contributed by atoms with E-state index in [1.807, 2.05) is 20.0 Å². The number of aryl methyl sites for hydroxylation is 1. The standard InChI is InChI=1S/C18H24ClN5OS/c1-3-20-18(22-9-8-16-24-12-13(2)26-16)23-11-10-21-17(25)14-6-4-5-7-15(14)19/h4-7,12H,3,8-11H2,1-2H3,(H,21,25)(H2,20,22,23). The molecule has 0 radical (unpaired) electrons. The van der Waals surface area contributed by atoms with Crippen LogP contribution < -0.4 is 16.0 Å². The molecular weight excluding hydrogens is 370 g/mol. The lowest BCUT2D eigenvalue weighted by molar-refractivity contribution is 0.0954. The molecule has 0 saturated carbocycles. The maximum Gasteiger partial charge on any atom is 0.252 e. The van der Waals surface area contributed by atoms with E-state index in [0.29, 0.717) is 30.2 Å². The molecule has 1 aromatic heterocycles. The normalized spacial score (nSPS) is 11.3. The van der Waals surface area contributed by atoms with Crippen molar-refractivity contribution in [1.29, 1.82) is 0 Å². The number of aliphatic imine (C=N–C) groups is 1. The van der Waals surface area contributed by atoms with Crippen LogP contribution in [0.2, 0.25) is 5.02 Å². The van der Waals surface area contributed by atoms with Crippen molar-refractivity contribution >= 4 is 34.8 Å². The summed E-state index contributed by atoms with van der Waals surface area (Å²) < 4.78 is 0. The first-order valence-corrected chi connectivity index (χ1v) is 9.75. The number of rotatable bonds is 8. The molecule has 0 atom stereocenters. The fraction of sp³-hybridized carbons (Fsp3) is 0.389. The van der Waals surface area contributed by atoms with Gasteiger partial charge in [-0.1, -0.05) is 23.7 Å². The van der Waals surface area contributed by atoms with E-state index in [1.54, 1.807) is 35.6 Å². The number of benzene rings is 1. The van der Waals surface area contributed by atoms with Gasteiger partial charge in [0.1, 0.15) is 0 Å². The van der Waals surface area contributed by atoms with Gasteiger partial charge < -0.3 is 16.0 Å². The van der Waals surface area contributed by atoms with Crippen molar-refractivity contribution in [2.75, 3.05) is 26.2 Å². The third-order valence-corrected chi connectivity index (χ3v) is 4.73. The summed E-state index contributed by atoms with van der Waals surface area (Å²) >= 11 is 7.72. The lowest BCUT2D eigenvalue weighted by Crippen LogP contribution is -2.41. The molecule has 1 amide bonds. The second-order valence-corrected chi connectivity index (χ2v) is 7.26. The molecule has 0 aliphatic carbocycles. The first-order valence-electron chi connectivity index (χ1n) is 8.56. The number of amides is 1. The van der Waals surface area contributed by atoms with E-state index >= 15 is 0 Å². The minimum Gasteiger partial charge on any atom is -0.357 e. The third-order valence-electron chi connectivity index (χ3n) is 3.43. The molecule has 6 nitrogen and oxygen atoms in total. The Kier molecular flexibility index (Phi) is 8.37. The molecule has 3 N–H and O–H groups in total. The van der Waals surface area contributed by atoms with E-state index in [9.17, 15) is 4.79 Å². The second-order valence-electron chi connectivity index (χ2n) is 5.54. The summed E-state index contributed by atoms with van der Waals surface area (Å²) in [7, 11) is 0. The first-order chi connectivity index (χ1) is 12.6. The number of thiazole rings is 1. The van der Waals surface area contributed by atoms with Crippen molar-refractivity contribution in [3.63, 3.8) is 0 Å². The topological polar surface area (TPSA) is 78.4 Å². The highest BCUT2D eigenvalue weighted by Crippen LogP contribution is 2.14. The van der Waals surface area contributed by atoms with Crippen molar-refractivity contribution < 1.29 is 4.79 Å². The highest BCUT2D eigenvalue weighted by atomic mass is 35.5. The summed E-state index contributed by atoms with van der Waals surface area (Å²) in [6.45, 7) is 6.54. The molecular formula is C18H24ClN5OS. The van der Waals surface area contributed by atoms with Gasteiger partial charge in [-0.25, -0.2) is 4.98 Å². The number of guanidine groups is 1. The van der Waals surface area contributed by atoms with Crippen LogP contribution in [0.1, 0.15) is 27.2 Å². The summed E-state index contributed by atoms with van der Waals surface area (Å²) in [4.78, 5) is 22.2. The molecule has 0 unspecified atom stereocenters. The highest BCUT2D eigenvalue weighted by molar-refractivity contribution is 7.11. The van der Waals surface area contributed by atoms with Crippen LogP contribution in [-0.4, -0.2) is 43.0 Å². The quantitative estimate of drug-likeness (QED) is 0.366. The fourth-order valence-electron chi connectivity index (χ4n) is 2.22. The average molecular weight is 394 g/mol. The predicted molar refractivity (Wildman–Crippen MR) is 108 cm³/mol. The van der Waals surface area contributed by atoms with Crippen LogP contribution in [0, 0.1) is 6.92 Å². The van der Waals surface area contributed by atoms with Gasteiger partial charge in [-0.2, -0.15) is 0 Å². The molecule has 140 valence electrons. The molecule has 0 saturated heterocycles. The fourth-order valence-corrected chi connectivity index (χ4v) is 3.22. The Morgan fingerprint density at radius 2 is 2.00 bits per heavy atom. The number of nitrogens with one attached hydrogen (secondary N) is 3. The number of hydrogen-bond acceptors (Lipinski definition) is 4. The lowest BCUT2D eigenvalue weighted by atomic mass is 10.2. The maximum atomic E-state index is 12.1. The number of aromatic nitrogens is 1. The summed E-state index contributed by atoms with van der Waals surface area (Å²) in [5, 5.41) is 10.8. The van der Waals surface area contributed by atoms with Crippen molar-refractivity contribution in [3.8, 4) is 0 Å². The van der Waals surface area contributed by atoms with Gasteiger partial charge in [0, 0.05) is 43.7 Å². The predicted octanol–water partition coefficient (Wildman–Crippen LogP) is 2.63. The Bertz CT molecular complexity index is 747. The Balaban J connectivity index is 1.74. The first kappa shape index (κ1) is 20.2. The van der Waals surface area contributed by atoms with Gasteiger partial charge in [0.25, 0.3) is 5.91 Å². The van der Waals surface area contributed by atoms with Crippen LogP contribution in [0.5, 0.6) is 0 Å². The number of nitrogens with zero attached hydrogens (tertiary/aromatic N) is 2. The molecule has 0 aliphatic rings. The lowest BCUT2D eigenvalue weighted by Gasteiger charge is -2.12. The van der Waals surface area contributed by atoms with Gasteiger partial charge in [0.15, 0.2) is 5.96 Å². The van der Waals surface area contributed by atoms with Crippen LogP contribution in [0.25, 0.3) is 0 Å². The zero-order valence-electron chi connectivity index (χ0n) is 15.0. The monoisotopic (exact) mass is 393 g/mol. The Morgan fingerprint density at radius 1 is 1.23 bits per heavy atom. The average Bonchev–Trinajstić information content (AvgIpc) is 3.04. The smallest absolute Gasteiger partial charge is 0.252 e. The van der Waals surface area contributed by atoms with Crippen LogP contribution >= 0.6 is 22.9 Å². The van der Waals surface area contributed by atoms with Crippen LogP contribution in [0.4, 0.5) is 0 Å². The molecule has 2 rings (SSSR count). The summed E-state index contributed by atoms with van der Waals surface area (Å²) in [5.41, 5.74) is 0.480. The van der Waals surface area contributed by atoms with Crippen molar-refractivity contribution in [2.45, 2.75) is 20.3 Å².